The van der Waals surface area contributed by atoms with Crippen LogP contribution in [0.15, 0.2) is 43.1 Å². The molecule has 0 saturated heterocycles. The van der Waals surface area contributed by atoms with Crippen LogP contribution >= 0.6 is 0 Å². The minimum Gasteiger partial charge on any atom is -0.502 e. The van der Waals surface area contributed by atoms with E-state index < -0.39 is 47.1 Å². The molecule has 11 heteroatoms. The number of amides is 1. The van der Waals surface area contributed by atoms with Crippen molar-refractivity contribution in [3.05, 3.63) is 56.6 Å². The topological polar surface area (TPSA) is 166 Å². The quantitative estimate of drug-likeness (QED) is 0.561. The highest BCUT2D eigenvalue weighted by molar-refractivity contribution is 5.81. The Morgan fingerprint density at radius 2 is 1.45 bits per heavy atom. The second kappa shape index (κ2) is 9.44. The molecule has 2 heterocycles. The van der Waals surface area contributed by atoms with E-state index in [0.717, 1.165) is 24.7 Å². The lowest BCUT2D eigenvalue weighted by Crippen LogP contribution is -2.45. The van der Waals surface area contributed by atoms with Gasteiger partial charge >= 0.3 is 12.1 Å². The second-order valence-corrected chi connectivity index (χ2v) is 6.24. The average molecular weight is 409 g/mol. The summed E-state index contributed by atoms with van der Waals surface area (Å²) in [6.07, 6.45) is 0.671. The number of ether oxygens (including phenoxy) is 2. The van der Waals surface area contributed by atoms with Crippen molar-refractivity contribution in [3.63, 3.8) is 0 Å². The van der Waals surface area contributed by atoms with Crippen molar-refractivity contribution in [3.8, 4) is 11.5 Å². The Hall–Kier alpha value is -3.76. The van der Waals surface area contributed by atoms with Crippen LogP contribution in [0.3, 0.4) is 0 Å². The van der Waals surface area contributed by atoms with Crippen LogP contribution in [-0.2, 0) is 27.5 Å². The van der Waals surface area contributed by atoms with Gasteiger partial charge in [0.1, 0.15) is 36.7 Å². The number of hydrogen-bond donors (Lipinski definition) is 3. The van der Waals surface area contributed by atoms with Crippen molar-refractivity contribution >= 4 is 12.1 Å². The molecule has 1 atom stereocenters. The minimum atomic E-state index is -1.07. The largest absolute Gasteiger partial charge is 0.502 e. The summed E-state index contributed by atoms with van der Waals surface area (Å²) in [4.78, 5) is 46.8. The number of carbonyl (C=O) groups excluding carboxylic acids is 2. The fourth-order valence-electron chi connectivity index (χ4n) is 2.07. The molecule has 2 aromatic heterocycles. The van der Waals surface area contributed by atoms with Crippen molar-refractivity contribution in [1.82, 2.24) is 5.32 Å². The van der Waals surface area contributed by atoms with Crippen molar-refractivity contribution in [2.75, 3.05) is 0 Å². The van der Waals surface area contributed by atoms with Gasteiger partial charge in [-0.25, -0.2) is 9.59 Å². The molecule has 1 amide bonds. The van der Waals surface area contributed by atoms with Gasteiger partial charge in [-0.15, -0.1) is 0 Å². The molecular formula is C18H19NO10. The zero-order valence-corrected chi connectivity index (χ0v) is 15.5. The van der Waals surface area contributed by atoms with Crippen LogP contribution in [0.1, 0.15) is 25.4 Å². The first-order chi connectivity index (χ1) is 13.7. The fourth-order valence-corrected chi connectivity index (χ4v) is 2.07. The summed E-state index contributed by atoms with van der Waals surface area (Å²) in [5.74, 6) is -2.32. The van der Waals surface area contributed by atoms with Crippen molar-refractivity contribution in [2.24, 2.45) is 5.92 Å². The van der Waals surface area contributed by atoms with E-state index in [1.807, 2.05) is 0 Å². The maximum Gasteiger partial charge on any atom is 0.408 e. The number of aromatic hydroxyl groups is 2. The first-order valence-corrected chi connectivity index (χ1v) is 8.38. The lowest BCUT2D eigenvalue weighted by Gasteiger charge is -2.20. The van der Waals surface area contributed by atoms with Gasteiger partial charge in [0.25, 0.3) is 0 Å². The summed E-state index contributed by atoms with van der Waals surface area (Å²) in [6, 6.07) is 0.862. The number of nitrogens with one attached hydrogen (secondary N) is 1. The third-order valence-corrected chi connectivity index (χ3v) is 3.63. The predicted octanol–water partition coefficient (Wildman–Crippen LogP) is 0.998. The van der Waals surface area contributed by atoms with E-state index in [-0.39, 0.29) is 24.0 Å². The van der Waals surface area contributed by atoms with E-state index in [1.54, 1.807) is 13.8 Å². The van der Waals surface area contributed by atoms with Crippen LogP contribution in [0.4, 0.5) is 4.79 Å². The molecule has 0 unspecified atom stereocenters. The highest BCUT2D eigenvalue weighted by atomic mass is 16.6. The highest BCUT2D eigenvalue weighted by Crippen LogP contribution is 2.10. The number of alkyl carbamates (subject to hydrolysis) is 1. The van der Waals surface area contributed by atoms with Gasteiger partial charge in [-0.2, -0.15) is 0 Å². The Morgan fingerprint density at radius 1 is 0.966 bits per heavy atom. The molecule has 11 nitrogen and oxygen atoms in total. The summed E-state index contributed by atoms with van der Waals surface area (Å²) >= 11 is 0. The van der Waals surface area contributed by atoms with Crippen LogP contribution in [0.2, 0.25) is 0 Å². The van der Waals surface area contributed by atoms with Gasteiger partial charge in [0.15, 0.2) is 18.1 Å². The molecular weight excluding hydrogens is 390 g/mol. The molecule has 0 saturated carbocycles. The lowest BCUT2D eigenvalue weighted by atomic mass is 10.1. The van der Waals surface area contributed by atoms with Gasteiger partial charge in [-0.05, 0) is 5.92 Å². The molecule has 0 aliphatic heterocycles. The highest BCUT2D eigenvalue weighted by Gasteiger charge is 2.27. The monoisotopic (exact) mass is 409 g/mol. The van der Waals surface area contributed by atoms with Gasteiger partial charge < -0.3 is 33.8 Å². The van der Waals surface area contributed by atoms with Gasteiger partial charge in [0.2, 0.25) is 10.9 Å². The Morgan fingerprint density at radius 3 is 1.90 bits per heavy atom. The first-order valence-electron chi connectivity index (χ1n) is 8.38. The van der Waals surface area contributed by atoms with Crippen LogP contribution in [-0.4, -0.2) is 28.3 Å². The van der Waals surface area contributed by atoms with Gasteiger partial charge in [-0.3, -0.25) is 9.59 Å². The van der Waals surface area contributed by atoms with Crippen LogP contribution in [0, 0.1) is 5.92 Å². The molecule has 0 radical (unpaired) electrons. The molecule has 0 spiro atoms. The molecule has 0 aromatic carbocycles. The first kappa shape index (κ1) is 21.5. The zero-order valence-electron chi connectivity index (χ0n) is 15.5. The van der Waals surface area contributed by atoms with E-state index in [0.29, 0.717) is 0 Å². The van der Waals surface area contributed by atoms with Gasteiger partial charge in [-0.1, -0.05) is 13.8 Å². The number of carbonyl (C=O) groups is 2. The Bertz CT molecular complexity index is 991. The molecule has 0 fully saturated rings. The zero-order chi connectivity index (χ0) is 21.6. The van der Waals surface area contributed by atoms with Gasteiger partial charge in [0, 0.05) is 12.1 Å². The molecule has 156 valence electrons. The fraction of sp³-hybridized carbons (Fsp3) is 0.333. The van der Waals surface area contributed by atoms with Crippen LogP contribution < -0.4 is 16.2 Å². The van der Waals surface area contributed by atoms with Crippen molar-refractivity contribution < 1.29 is 38.1 Å². The molecule has 0 aliphatic rings. The summed E-state index contributed by atoms with van der Waals surface area (Å²) in [5, 5.41) is 20.6. The summed E-state index contributed by atoms with van der Waals surface area (Å²) in [5.41, 5.74) is -1.38. The van der Waals surface area contributed by atoms with Crippen molar-refractivity contribution in [1.29, 1.82) is 0 Å². The third-order valence-electron chi connectivity index (χ3n) is 3.63. The normalized spacial score (nSPS) is 11.7. The Kier molecular flexibility index (Phi) is 7.01. The molecule has 0 aliphatic carbocycles. The minimum absolute atomic E-state index is 0.00557. The van der Waals surface area contributed by atoms with E-state index in [2.05, 4.69) is 5.32 Å². The third kappa shape index (κ3) is 6.13. The second-order valence-electron chi connectivity index (χ2n) is 6.24. The number of esters is 1. The maximum atomic E-state index is 12.3. The van der Waals surface area contributed by atoms with E-state index in [4.69, 9.17) is 28.5 Å². The average Bonchev–Trinajstić information content (AvgIpc) is 2.67. The Balaban J connectivity index is 1.91. The van der Waals surface area contributed by atoms with E-state index >= 15 is 0 Å². The number of rotatable bonds is 7. The summed E-state index contributed by atoms with van der Waals surface area (Å²) in [7, 11) is 0. The molecule has 3 N–H and O–H groups in total. The SMILES string of the molecule is CC(C)[C@H](NC(=O)OCc1cc(=O)c(O)co1)C(=O)OCc1cc(=O)c(O)co1. The van der Waals surface area contributed by atoms with E-state index in [1.165, 1.54) is 0 Å². The standard InChI is InChI=1S/C18H19NO10/c1-9(2)16(17(24)28-5-10-3-12(20)14(22)7-26-10)19-18(25)29-6-11-4-13(21)15(23)8-27-11/h3-4,7-9,16,22-23H,5-6H2,1-2H3,(H,19,25)/t16-/m0/s1. The summed E-state index contributed by atoms with van der Waals surface area (Å²) < 4.78 is 19.7. The van der Waals surface area contributed by atoms with Crippen molar-refractivity contribution in [2.45, 2.75) is 33.1 Å². The van der Waals surface area contributed by atoms with E-state index in [9.17, 15) is 19.2 Å². The Labute approximate surface area is 163 Å². The van der Waals surface area contributed by atoms with Crippen LogP contribution in [0.25, 0.3) is 0 Å². The molecule has 29 heavy (non-hydrogen) atoms. The van der Waals surface area contributed by atoms with Gasteiger partial charge in [0.05, 0.1) is 0 Å². The number of hydrogen-bond acceptors (Lipinski definition) is 10. The lowest BCUT2D eigenvalue weighted by molar-refractivity contribution is -0.149. The maximum absolute atomic E-state index is 12.3. The molecule has 2 aromatic rings. The smallest absolute Gasteiger partial charge is 0.408 e. The summed E-state index contributed by atoms with van der Waals surface area (Å²) in [6.45, 7) is 2.53. The predicted molar refractivity (Wildman–Crippen MR) is 95.0 cm³/mol. The van der Waals surface area contributed by atoms with Crippen LogP contribution in [0.5, 0.6) is 11.5 Å². The molecule has 0 bridgehead atoms. The molecule has 2 rings (SSSR count).